The Morgan fingerprint density at radius 1 is 1.14 bits per heavy atom. The second-order valence-corrected chi connectivity index (χ2v) is 6.40. The third-order valence-electron chi connectivity index (χ3n) is 2.85. The molecular weight excluding hydrogens is 325 g/mol. The topological polar surface area (TPSA) is 29.1 Å². The van der Waals surface area contributed by atoms with Crippen molar-refractivity contribution in [3.05, 3.63) is 63.6 Å². The largest absolute Gasteiger partial charge is 0.324 e. The summed E-state index contributed by atoms with van der Waals surface area (Å²) in [6.45, 7) is 2.05. The highest BCUT2D eigenvalue weighted by Crippen LogP contribution is 2.29. The van der Waals surface area contributed by atoms with Crippen LogP contribution >= 0.6 is 35.0 Å². The number of nitrogens with one attached hydrogen (secondary N) is 1. The molecule has 0 unspecified atom stereocenters. The molecule has 21 heavy (non-hydrogen) atoms. The van der Waals surface area contributed by atoms with Crippen molar-refractivity contribution in [1.82, 2.24) is 0 Å². The summed E-state index contributed by atoms with van der Waals surface area (Å²) in [5.74, 6) is 1.09. The second kappa shape index (κ2) is 7.74. The molecule has 1 N–H and O–H groups in total. The van der Waals surface area contributed by atoms with Crippen LogP contribution in [0.4, 0.5) is 5.69 Å². The van der Waals surface area contributed by atoms with Gasteiger partial charge in [-0.1, -0.05) is 59.1 Å². The first-order chi connectivity index (χ1) is 10.1. The molecule has 5 heteroatoms. The lowest BCUT2D eigenvalue weighted by atomic mass is 10.2. The van der Waals surface area contributed by atoms with Crippen LogP contribution in [0.3, 0.4) is 0 Å². The van der Waals surface area contributed by atoms with Crippen molar-refractivity contribution in [1.29, 1.82) is 0 Å². The maximum Gasteiger partial charge on any atom is 0.234 e. The molecule has 1 amide bonds. The van der Waals surface area contributed by atoms with Gasteiger partial charge >= 0.3 is 0 Å². The number of hydrogen-bond acceptors (Lipinski definition) is 2. The number of aryl methyl sites for hydroxylation is 1. The van der Waals surface area contributed by atoms with E-state index in [1.54, 1.807) is 30.0 Å². The van der Waals surface area contributed by atoms with Crippen LogP contribution in [0, 0.1) is 6.92 Å². The highest BCUT2D eigenvalue weighted by Gasteiger charge is 2.08. The number of benzene rings is 2. The molecule has 0 bridgehead atoms. The number of hydrogen-bond donors (Lipinski definition) is 1. The minimum absolute atomic E-state index is 0.0868. The van der Waals surface area contributed by atoms with Crippen LogP contribution in [-0.2, 0) is 10.5 Å². The molecule has 0 aliphatic rings. The maximum absolute atomic E-state index is 11.9. The summed E-state index contributed by atoms with van der Waals surface area (Å²) in [6.07, 6.45) is 0. The van der Waals surface area contributed by atoms with E-state index in [-0.39, 0.29) is 5.91 Å². The van der Waals surface area contributed by atoms with Gasteiger partial charge in [-0.05, 0) is 24.6 Å². The summed E-state index contributed by atoms with van der Waals surface area (Å²) in [5.41, 5.74) is 2.99. The summed E-state index contributed by atoms with van der Waals surface area (Å²) in [4.78, 5) is 11.9. The van der Waals surface area contributed by atoms with Crippen molar-refractivity contribution in [2.24, 2.45) is 0 Å². The van der Waals surface area contributed by atoms with Gasteiger partial charge in [-0.15, -0.1) is 11.8 Å². The Morgan fingerprint density at radius 3 is 2.57 bits per heavy atom. The van der Waals surface area contributed by atoms with Crippen LogP contribution in [0.1, 0.15) is 11.1 Å². The average molecular weight is 340 g/mol. The number of carbonyl (C=O) groups is 1. The molecule has 0 aromatic heterocycles. The standard InChI is InChI=1S/C16H15Cl2NOS/c1-11-5-7-12(8-6-11)9-21-10-15(20)19-14-4-2-3-13(17)16(14)18/h2-8H,9-10H2,1H3,(H,19,20). The molecule has 0 heterocycles. The van der Waals surface area contributed by atoms with E-state index in [2.05, 4.69) is 36.5 Å². The minimum atomic E-state index is -0.0868. The molecule has 0 atom stereocenters. The van der Waals surface area contributed by atoms with E-state index < -0.39 is 0 Å². The summed E-state index contributed by atoms with van der Waals surface area (Å²) >= 11 is 13.5. The van der Waals surface area contributed by atoms with Crippen molar-refractivity contribution in [2.45, 2.75) is 12.7 Å². The fraction of sp³-hybridized carbons (Fsp3) is 0.188. The molecule has 0 fully saturated rings. The smallest absolute Gasteiger partial charge is 0.234 e. The van der Waals surface area contributed by atoms with Crippen molar-refractivity contribution in [2.75, 3.05) is 11.1 Å². The third-order valence-corrected chi connectivity index (χ3v) is 4.67. The van der Waals surface area contributed by atoms with Crippen molar-refractivity contribution < 1.29 is 4.79 Å². The van der Waals surface area contributed by atoms with Gasteiger partial charge in [0.1, 0.15) is 0 Å². The molecule has 0 saturated heterocycles. The molecule has 0 aliphatic heterocycles. The Kier molecular flexibility index (Phi) is 5.97. The van der Waals surface area contributed by atoms with Crippen LogP contribution in [0.2, 0.25) is 10.0 Å². The Hall–Kier alpha value is -1.16. The fourth-order valence-electron chi connectivity index (χ4n) is 1.73. The van der Waals surface area contributed by atoms with Crippen molar-refractivity contribution in [3.63, 3.8) is 0 Å². The molecule has 0 saturated carbocycles. The number of halogens is 2. The van der Waals surface area contributed by atoms with Gasteiger partial charge in [-0.25, -0.2) is 0 Å². The van der Waals surface area contributed by atoms with Gasteiger partial charge in [0.25, 0.3) is 0 Å². The van der Waals surface area contributed by atoms with Gasteiger partial charge in [-0.3, -0.25) is 4.79 Å². The van der Waals surface area contributed by atoms with E-state index in [1.807, 2.05) is 0 Å². The van der Waals surface area contributed by atoms with Gasteiger partial charge in [0, 0.05) is 5.75 Å². The Bertz CT molecular complexity index is 629. The zero-order valence-electron chi connectivity index (χ0n) is 11.5. The second-order valence-electron chi connectivity index (χ2n) is 4.63. The van der Waals surface area contributed by atoms with Crippen molar-refractivity contribution >= 4 is 46.6 Å². The zero-order valence-corrected chi connectivity index (χ0v) is 13.9. The third kappa shape index (κ3) is 4.95. The normalized spacial score (nSPS) is 10.4. The summed E-state index contributed by atoms with van der Waals surface area (Å²) in [5, 5.41) is 3.57. The number of carbonyl (C=O) groups excluding carboxylic acids is 1. The van der Waals surface area contributed by atoms with E-state index in [4.69, 9.17) is 23.2 Å². The summed E-state index contributed by atoms with van der Waals surface area (Å²) < 4.78 is 0. The van der Waals surface area contributed by atoms with Gasteiger partial charge < -0.3 is 5.32 Å². The van der Waals surface area contributed by atoms with Gasteiger partial charge in [0.05, 0.1) is 21.5 Å². The minimum Gasteiger partial charge on any atom is -0.324 e. The maximum atomic E-state index is 11.9. The van der Waals surface area contributed by atoms with Crippen LogP contribution in [0.15, 0.2) is 42.5 Å². The molecule has 2 rings (SSSR count). The Morgan fingerprint density at radius 2 is 1.86 bits per heavy atom. The summed E-state index contributed by atoms with van der Waals surface area (Å²) in [6, 6.07) is 13.5. The monoisotopic (exact) mass is 339 g/mol. The number of thioether (sulfide) groups is 1. The van der Waals surface area contributed by atoms with E-state index in [1.165, 1.54) is 11.1 Å². The first-order valence-corrected chi connectivity index (χ1v) is 8.34. The summed E-state index contributed by atoms with van der Waals surface area (Å²) in [7, 11) is 0. The highest BCUT2D eigenvalue weighted by molar-refractivity contribution is 7.99. The van der Waals surface area contributed by atoms with Gasteiger partial charge in [0.15, 0.2) is 0 Å². The molecule has 2 nitrogen and oxygen atoms in total. The quantitative estimate of drug-likeness (QED) is 0.813. The van der Waals surface area contributed by atoms with Crippen molar-refractivity contribution in [3.8, 4) is 0 Å². The lowest BCUT2D eigenvalue weighted by Gasteiger charge is -2.08. The molecule has 0 aliphatic carbocycles. The van der Waals surface area contributed by atoms with E-state index in [9.17, 15) is 4.79 Å². The first-order valence-electron chi connectivity index (χ1n) is 6.43. The molecule has 0 radical (unpaired) electrons. The lowest BCUT2D eigenvalue weighted by molar-refractivity contribution is -0.113. The van der Waals surface area contributed by atoms with Gasteiger partial charge in [0.2, 0.25) is 5.91 Å². The van der Waals surface area contributed by atoms with Crippen LogP contribution < -0.4 is 5.32 Å². The van der Waals surface area contributed by atoms with Crippen LogP contribution in [-0.4, -0.2) is 11.7 Å². The number of rotatable bonds is 5. The SMILES string of the molecule is Cc1ccc(CSCC(=O)Nc2cccc(Cl)c2Cl)cc1. The zero-order chi connectivity index (χ0) is 15.2. The predicted molar refractivity (Wildman–Crippen MR) is 92.4 cm³/mol. The van der Waals surface area contributed by atoms with E-state index in [0.29, 0.717) is 21.5 Å². The van der Waals surface area contributed by atoms with Gasteiger partial charge in [-0.2, -0.15) is 0 Å². The van der Waals surface area contributed by atoms with E-state index >= 15 is 0 Å². The Labute approximate surface area is 138 Å². The molecule has 2 aromatic rings. The van der Waals surface area contributed by atoms with Crippen LogP contribution in [0.5, 0.6) is 0 Å². The fourth-order valence-corrected chi connectivity index (χ4v) is 2.87. The molecule has 0 spiro atoms. The van der Waals surface area contributed by atoms with Crippen LogP contribution in [0.25, 0.3) is 0 Å². The lowest BCUT2D eigenvalue weighted by Crippen LogP contribution is -2.14. The molecule has 2 aromatic carbocycles. The number of anilines is 1. The highest BCUT2D eigenvalue weighted by atomic mass is 35.5. The first kappa shape index (κ1) is 16.2. The average Bonchev–Trinajstić information content (AvgIpc) is 2.46. The predicted octanol–water partition coefficient (Wildman–Crippen LogP) is 5.17. The number of amides is 1. The Balaban J connectivity index is 1.82. The van der Waals surface area contributed by atoms with E-state index in [0.717, 1.165) is 5.75 Å². The molecule has 110 valence electrons. The molecular formula is C16H15Cl2NOS.